The molecule has 1 aromatic carbocycles. The average Bonchev–Trinajstić information content (AvgIpc) is 3.06. The third-order valence-corrected chi connectivity index (χ3v) is 8.23. The molecule has 0 bridgehead atoms. The monoisotopic (exact) mass is 614 g/mol. The van der Waals surface area contributed by atoms with E-state index in [-0.39, 0.29) is 10.8 Å². The van der Waals surface area contributed by atoms with E-state index >= 15 is 0 Å². The molecule has 0 saturated heterocycles. The lowest BCUT2D eigenvalue weighted by Gasteiger charge is -2.47. The summed E-state index contributed by atoms with van der Waals surface area (Å²) in [5.74, 6) is 0. The minimum Gasteiger partial charge on any atom is -0.382 e. The molecule has 0 aromatic heterocycles. The van der Waals surface area contributed by atoms with Crippen LogP contribution < -0.4 is 0 Å². The van der Waals surface area contributed by atoms with E-state index in [1.165, 1.54) is 25.8 Å². The molecule has 0 fully saturated rings. The molecule has 1 unspecified atom stereocenters. The highest BCUT2D eigenvalue weighted by Crippen LogP contribution is 2.65. The highest BCUT2D eigenvalue weighted by Gasteiger charge is 2.57. The van der Waals surface area contributed by atoms with E-state index in [1.54, 1.807) is 14.2 Å². The Kier molecular flexibility index (Phi) is 12.4. The second kappa shape index (κ2) is 15.0. The Labute approximate surface area is 230 Å². The van der Waals surface area contributed by atoms with Crippen molar-refractivity contribution in [3.8, 4) is 0 Å². The second-order valence-corrected chi connectivity index (χ2v) is 11.1. The van der Waals surface area contributed by atoms with Gasteiger partial charge in [-0.05, 0) is 77.6 Å². The van der Waals surface area contributed by atoms with E-state index in [0.29, 0.717) is 66.1 Å². The summed E-state index contributed by atoms with van der Waals surface area (Å²) >= 11 is 2.44. The van der Waals surface area contributed by atoms with Gasteiger partial charge in [-0.15, -0.1) is 0 Å². The molecule has 0 radical (unpaired) electrons. The van der Waals surface area contributed by atoms with Gasteiger partial charge in [-0.1, -0.05) is 30.7 Å². The fourth-order valence-corrected chi connectivity index (χ4v) is 6.24. The maximum atomic E-state index is 6.11. The number of benzene rings is 1. The van der Waals surface area contributed by atoms with Gasteiger partial charge in [0.2, 0.25) is 0 Å². The van der Waals surface area contributed by atoms with Crippen molar-refractivity contribution >= 4 is 28.2 Å². The number of methoxy groups -OCH3 is 2. The summed E-state index contributed by atoms with van der Waals surface area (Å²) in [6.45, 7) is 10.8. The van der Waals surface area contributed by atoms with E-state index in [2.05, 4.69) is 66.8 Å². The summed E-state index contributed by atoms with van der Waals surface area (Å²) in [5.41, 5.74) is 5.62. The van der Waals surface area contributed by atoms with E-state index < -0.39 is 0 Å². The first-order valence-corrected chi connectivity index (χ1v) is 14.0. The van der Waals surface area contributed by atoms with Crippen molar-refractivity contribution in [2.75, 3.05) is 80.3 Å². The van der Waals surface area contributed by atoms with Crippen LogP contribution in [-0.4, -0.2) is 80.3 Å². The standard InChI is InChI=1S/C29H43IO6/c1-23-5-8-26-25-7-6-24(30)21-27(25)29(28(26,2)22-23,9-11-33-17-19-35-15-13-31-3)10-12-34-18-20-36-16-14-32-4/h5-8,21H,9-20,22H2,1-4H3. The predicted octanol–water partition coefficient (Wildman–Crippen LogP) is 5.42. The Morgan fingerprint density at radius 3 is 1.83 bits per heavy atom. The Balaban J connectivity index is 1.73. The largest absolute Gasteiger partial charge is 0.382 e. The molecule has 7 heteroatoms. The molecule has 36 heavy (non-hydrogen) atoms. The van der Waals surface area contributed by atoms with Crippen LogP contribution in [0.3, 0.4) is 0 Å². The highest BCUT2D eigenvalue weighted by atomic mass is 127. The molecule has 1 aromatic rings. The zero-order chi connectivity index (χ0) is 25.9. The molecule has 0 N–H and O–H groups in total. The van der Waals surface area contributed by atoms with Crippen LogP contribution in [0.15, 0.2) is 35.9 Å². The van der Waals surface area contributed by atoms with Gasteiger partial charge in [0.15, 0.2) is 0 Å². The minimum absolute atomic E-state index is 0.00471. The van der Waals surface area contributed by atoms with Crippen LogP contribution in [0.25, 0.3) is 5.57 Å². The average molecular weight is 615 g/mol. The summed E-state index contributed by atoms with van der Waals surface area (Å²) in [4.78, 5) is 0. The second-order valence-electron chi connectivity index (χ2n) is 9.81. The van der Waals surface area contributed by atoms with Crippen LogP contribution in [-0.2, 0) is 33.8 Å². The first-order valence-electron chi connectivity index (χ1n) is 13.0. The van der Waals surface area contributed by atoms with E-state index in [0.717, 1.165) is 19.3 Å². The zero-order valence-electron chi connectivity index (χ0n) is 22.4. The summed E-state index contributed by atoms with van der Waals surface area (Å²) in [7, 11) is 3.37. The molecule has 1 atom stereocenters. The third kappa shape index (κ3) is 7.18. The van der Waals surface area contributed by atoms with Gasteiger partial charge < -0.3 is 28.4 Å². The van der Waals surface area contributed by atoms with Crippen molar-refractivity contribution in [2.24, 2.45) is 5.41 Å². The molecular formula is C29H43IO6. The third-order valence-electron chi connectivity index (χ3n) is 7.56. The predicted molar refractivity (Wildman–Crippen MR) is 152 cm³/mol. The van der Waals surface area contributed by atoms with E-state index in [9.17, 15) is 0 Å². The molecular weight excluding hydrogens is 571 g/mol. The van der Waals surface area contributed by atoms with Crippen molar-refractivity contribution < 1.29 is 28.4 Å². The van der Waals surface area contributed by atoms with Gasteiger partial charge in [0.05, 0.1) is 52.9 Å². The van der Waals surface area contributed by atoms with Crippen LogP contribution >= 0.6 is 22.6 Å². The minimum atomic E-state index is -0.0708. The number of hydrogen-bond donors (Lipinski definition) is 0. The molecule has 0 saturated carbocycles. The van der Waals surface area contributed by atoms with E-state index in [1.807, 2.05) is 0 Å². The van der Waals surface area contributed by atoms with Gasteiger partial charge in [0.25, 0.3) is 0 Å². The number of hydrogen-bond acceptors (Lipinski definition) is 6. The van der Waals surface area contributed by atoms with Gasteiger partial charge in [-0.2, -0.15) is 0 Å². The fraction of sp³-hybridized carbons (Fsp3) is 0.655. The molecule has 0 aliphatic heterocycles. The van der Waals surface area contributed by atoms with Gasteiger partial charge in [0.1, 0.15) is 0 Å². The SMILES string of the molecule is COCCOCCOCCC1(CCOCCOCCOC)c2cc(I)ccc2C2=CC=C(C)CC21C. The number of allylic oxidation sites excluding steroid dienone is 4. The molecule has 0 amide bonds. The lowest BCUT2D eigenvalue weighted by Crippen LogP contribution is -2.43. The highest BCUT2D eigenvalue weighted by molar-refractivity contribution is 14.1. The lowest BCUT2D eigenvalue weighted by molar-refractivity contribution is 0.00309. The maximum Gasteiger partial charge on any atom is 0.0701 e. The fourth-order valence-electron chi connectivity index (χ4n) is 5.75. The Morgan fingerprint density at radius 1 is 0.750 bits per heavy atom. The number of fused-ring (bicyclic) bond motifs is 3. The lowest BCUT2D eigenvalue weighted by atomic mass is 9.57. The molecule has 2 aliphatic rings. The number of ether oxygens (including phenoxy) is 6. The molecule has 0 heterocycles. The van der Waals surface area contributed by atoms with Crippen LogP contribution in [0.5, 0.6) is 0 Å². The van der Waals surface area contributed by atoms with Crippen molar-refractivity contribution in [3.05, 3.63) is 50.6 Å². The van der Waals surface area contributed by atoms with Gasteiger partial charge >= 0.3 is 0 Å². The molecule has 2 aliphatic carbocycles. The number of rotatable bonds is 18. The van der Waals surface area contributed by atoms with Crippen molar-refractivity contribution in [1.82, 2.24) is 0 Å². The van der Waals surface area contributed by atoms with Gasteiger partial charge in [-0.3, -0.25) is 0 Å². The van der Waals surface area contributed by atoms with Crippen LogP contribution in [0.4, 0.5) is 0 Å². The molecule has 6 nitrogen and oxygen atoms in total. The zero-order valence-corrected chi connectivity index (χ0v) is 24.6. The topological polar surface area (TPSA) is 55.4 Å². The van der Waals surface area contributed by atoms with Crippen LogP contribution in [0.2, 0.25) is 0 Å². The summed E-state index contributed by atoms with van der Waals surface area (Å²) in [5, 5.41) is 0. The van der Waals surface area contributed by atoms with Gasteiger partial charge in [0, 0.05) is 41.8 Å². The summed E-state index contributed by atoms with van der Waals surface area (Å²) in [6, 6.07) is 6.92. The summed E-state index contributed by atoms with van der Waals surface area (Å²) in [6.07, 6.45) is 7.56. The van der Waals surface area contributed by atoms with Crippen LogP contribution in [0.1, 0.15) is 44.2 Å². The van der Waals surface area contributed by atoms with Crippen molar-refractivity contribution in [3.63, 3.8) is 0 Å². The Morgan fingerprint density at radius 2 is 1.28 bits per heavy atom. The van der Waals surface area contributed by atoms with Crippen molar-refractivity contribution in [1.29, 1.82) is 0 Å². The molecule has 3 rings (SSSR count). The Hall–Kier alpha value is -0.810. The maximum absolute atomic E-state index is 6.11. The number of halogens is 1. The quantitative estimate of drug-likeness (QED) is 0.163. The molecule has 0 spiro atoms. The first-order chi connectivity index (χ1) is 17.5. The normalized spacial score (nSPS) is 20.1. The smallest absolute Gasteiger partial charge is 0.0701 e. The van der Waals surface area contributed by atoms with Gasteiger partial charge in [-0.25, -0.2) is 0 Å². The van der Waals surface area contributed by atoms with Crippen molar-refractivity contribution in [2.45, 2.75) is 38.5 Å². The van der Waals surface area contributed by atoms with Crippen LogP contribution in [0, 0.1) is 8.99 Å². The summed E-state index contributed by atoms with van der Waals surface area (Å²) < 4.78 is 34.7. The molecule has 202 valence electrons. The first kappa shape index (κ1) is 29.7. The van der Waals surface area contributed by atoms with E-state index in [4.69, 9.17) is 28.4 Å². The Bertz CT molecular complexity index is 863.